The van der Waals surface area contributed by atoms with E-state index in [-0.39, 0.29) is 6.03 Å². The molecule has 2 aromatic rings. The Morgan fingerprint density at radius 2 is 1.75 bits per heavy atom. The van der Waals surface area contributed by atoms with Crippen LogP contribution in [0, 0.1) is 5.92 Å². The van der Waals surface area contributed by atoms with Crippen LogP contribution in [0.25, 0.3) is 0 Å². The summed E-state index contributed by atoms with van der Waals surface area (Å²) in [5, 5.41) is 3.10. The topological polar surface area (TPSA) is 44.8 Å². The lowest BCUT2D eigenvalue weighted by molar-refractivity contribution is 0.170. The summed E-state index contributed by atoms with van der Waals surface area (Å²) < 4.78 is 5.17. The number of nitrogens with one attached hydrogen (secondary N) is 1. The average Bonchev–Trinajstić information content (AvgIpc) is 2.74. The minimum atomic E-state index is -0.0115. The van der Waals surface area contributed by atoms with Crippen LogP contribution < -0.4 is 10.1 Å². The number of ether oxygens (including phenoxy) is 1. The lowest BCUT2D eigenvalue weighted by Crippen LogP contribution is -2.42. The van der Waals surface area contributed by atoms with E-state index in [9.17, 15) is 4.79 Å². The number of amides is 2. The van der Waals surface area contributed by atoms with Crippen molar-refractivity contribution < 1.29 is 9.53 Å². The molecule has 0 bridgehead atoms. The van der Waals surface area contributed by atoms with Gasteiger partial charge in [-0.1, -0.05) is 42.5 Å². The third-order valence-corrected chi connectivity index (χ3v) is 5.42. The maximum absolute atomic E-state index is 12.4. The van der Waals surface area contributed by atoms with Gasteiger partial charge in [0, 0.05) is 26.7 Å². The summed E-state index contributed by atoms with van der Waals surface area (Å²) in [4.78, 5) is 16.6. The molecule has 1 N–H and O–H groups in total. The molecule has 5 heteroatoms. The van der Waals surface area contributed by atoms with E-state index in [2.05, 4.69) is 40.5 Å². The van der Waals surface area contributed by atoms with Gasteiger partial charge >= 0.3 is 6.03 Å². The molecule has 28 heavy (non-hydrogen) atoms. The molecule has 150 valence electrons. The number of likely N-dealkylation sites (tertiary alicyclic amines) is 1. The van der Waals surface area contributed by atoms with Gasteiger partial charge in [-0.05, 0) is 55.1 Å². The minimum Gasteiger partial charge on any atom is -0.497 e. The summed E-state index contributed by atoms with van der Waals surface area (Å²) in [7, 11) is 3.49. The lowest BCUT2D eigenvalue weighted by atomic mass is 9.96. The number of nitrogens with zero attached hydrogens (tertiary/aromatic N) is 2. The second-order valence-corrected chi connectivity index (χ2v) is 7.60. The second-order valence-electron chi connectivity index (χ2n) is 7.60. The zero-order valence-corrected chi connectivity index (χ0v) is 16.9. The molecule has 0 aromatic heterocycles. The van der Waals surface area contributed by atoms with Gasteiger partial charge in [-0.2, -0.15) is 0 Å². The Morgan fingerprint density at radius 1 is 1.07 bits per heavy atom. The normalized spacial score (nSPS) is 15.2. The van der Waals surface area contributed by atoms with Crippen molar-refractivity contribution in [2.75, 3.05) is 33.8 Å². The second kappa shape index (κ2) is 10.1. The van der Waals surface area contributed by atoms with Crippen LogP contribution in [0.2, 0.25) is 0 Å². The molecule has 5 nitrogen and oxygen atoms in total. The molecule has 1 saturated heterocycles. The molecular formula is C23H31N3O2. The van der Waals surface area contributed by atoms with Crippen molar-refractivity contribution in [3.63, 3.8) is 0 Å². The van der Waals surface area contributed by atoms with Gasteiger partial charge in [-0.25, -0.2) is 4.79 Å². The van der Waals surface area contributed by atoms with Gasteiger partial charge in [0.15, 0.2) is 0 Å². The molecule has 1 aliphatic rings. The van der Waals surface area contributed by atoms with Crippen molar-refractivity contribution >= 4 is 6.03 Å². The number of benzene rings is 2. The van der Waals surface area contributed by atoms with E-state index in [1.165, 1.54) is 5.56 Å². The molecule has 0 unspecified atom stereocenters. The number of methoxy groups -OCH3 is 1. The minimum absolute atomic E-state index is 0.0115. The van der Waals surface area contributed by atoms with Gasteiger partial charge in [0.05, 0.1) is 7.11 Å². The quantitative estimate of drug-likeness (QED) is 0.794. The standard InChI is InChI=1S/C23H31N3O2/c1-25(17-21-8-10-22(28-2)11-9-21)23(27)24-16-19-12-14-26(15-13-19)18-20-6-4-3-5-7-20/h3-11,19H,12-18H2,1-2H3,(H,24,27). The van der Waals surface area contributed by atoms with Gasteiger partial charge in [-0.3, -0.25) is 4.90 Å². The van der Waals surface area contributed by atoms with Crippen LogP contribution in [-0.2, 0) is 13.1 Å². The third-order valence-electron chi connectivity index (χ3n) is 5.42. The molecule has 3 rings (SSSR count). The zero-order chi connectivity index (χ0) is 19.8. The number of rotatable bonds is 7. The Morgan fingerprint density at radius 3 is 2.39 bits per heavy atom. The first-order valence-electron chi connectivity index (χ1n) is 10.0. The zero-order valence-electron chi connectivity index (χ0n) is 16.9. The summed E-state index contributed by atoms with van der Waals surface area (Å²) in [5.41, 5.74) is 2.46. The summed E-state index contributed by atoms with van der Waals surface area (Å²) in [5.74, 6) is 1.39. The van der Waals surface area contributed by atoms with E-state index in [0.717, 1.165) is 50.3 Å². The fourth-order valence-electron chi connectivity index (χ4n) is 3.63. The lowest BCUT2D eigenvalue weighted by Gasteiger charge is -2.32. The molecule has 0 aliphatic carbocycles. The first-order valence-corrected chi connectivity index (χ1v) is 10.0. The summed E-state index contributed by atoms with van der Waals surface area (Å²) in [6, 6.07) is 18.4. The molecule has 0 spiro atoms. The summed E-state index contributed by atoms with van der Waals surface area (Å²) >= 11 is 0. The number of hydrogen-bond acceptors (Lipinski definition) is 3. The molecule has 2 aromatic carbocycles. The molecule has 0 saturated carbocycles. The summed E-state index contributed by atoms with van der Waals surface area (Å²) in [6.45, 7) is 4.55. The van der Waals surface area contributed by atoms with Crippen molar-refractivity contribution in [2.24, 2.45) is 5.92 Å². The Bertz CT molecular complexity index is 725. The van der Waals surface area contributed by atoms with Gasteiger partial charge < -0.3 is 15.0 Å². The highest BCUT2D eigenvalue weighted by Gasteiger charge is 2.20. The third kappa shape index (κ3) is 5.99. The fraction of sp³-hybridized carbons (Fsp3) is 0.435. The average molecular weight is 382 g/mol. The van der Waals surface area contributed by atoms with Crippen molar-refractivity contribution in [1.82, 2.24) is 15.1 Å². The van der Waals surface area contributed by atoms with Crippen LogP contribution in [0.1, 0.15) is 24.0 Å². The van der Waals surface area contributed by atoms with Crippen LogP contribution in [-0.4, -0.2) is 49.6 Å². The predicted molar refractivity (Wildman–Crippen MR) is 112 cm³/mol. The maximum atomic E-state index is 12.4. The number of carbonyl (C=O) groups is 1. The van der Waals surface area contributed by atoms with Crippen molar-refractivity contribution in [3.8, 4) is 5.75 Å². The van der Waals surface area contributed by atoms with Crippen LogP contribution >= 0.6 is 0 Å². The highest BCUT2D eigenvalue weighted by Crippen LogP contribution is 2.18. The van der Waals surface area contributed by atoms with Crippen molar-refractivity contribution in [2.45, 2.75) is 25.9 Å². The van der Waals surface area contributed by atoms with E-state index in [1.54, 1.807) is 12.0 Å². The number of carbonyl (C=O) groups excluding carboxylic acids is 1. The molecule has 1 aliphatic heterocycles. The van der Waals surface area contributed by atoms with E-state index >= 15 is 0 Å². The van der Waals surface area contributed by atoms with E-state index in [1.807, 2.05) is 31.3 Å². The van der Waals surface area contributed by atoms with Gasteiger partial charge in [0.1, 0.15) is 5.75 Å². The largest absolute Gasteiger partial charge is 0.497 e. The Kier molecular flexibility index (Phi) is 7.31. The predicted octanol–water partition coefficient (Wildman–Crippen LogP) is 3.75. The van der Waals surface area contributed by atoms with E-state index in [0.29, 0.717) is 12.5 Å². The van der Waals surface area contributed by atoms with Crippen LogP contribution in [0.15, 0.2) is 54.6 Å². The highest BCUT2D eigenvalue weighted by molar-refractivity contribution is 5.73. The van der Waals surface area contributed by atoms with E-state index in [4.69, 9.17) is 4.74 Å². The van der Waals surface area contributed by atoms with Crippen LogP contribution in [0.3, 0.4) is 0 Å². The Labute approximate surface area is 168 Å². The molecule has 2 amide bonds. The molecular weight excluding hydrogens is 350 g/mol. The number of urea groups is 1. The van der Waals surface area contributed by atoms with Crippen LogP contribution in [0.5, 0.6) is 5.75 Å². The van der Waals surface area contributed by atoms with Gasteiger partial charge in [0.2, 0.25) is 0 Å². The van der Waals surface area contributed by atoms with Gasteiger partial charge in [0.25, 0.3) is 0 Å². The van der Waals surface area contributed by atoms with Crippen LogP contribution in [0.4, 0.5) is 4.79 Å². The number of hydrogen-bond donors (Lipinski definition) is 1. The number of piperidine rings is 1. The monoisotopic (exact) mass is 381 g/mol. The first-order chi connectivity index (χ1) is 13.6. The first kappa shape index (κ1) is 20.2. The molecule has 0 atom stereocenters. The van der Waals surface area contributed by atoms with Gasteiger partial charge in [-0.15, -0.1) is 0 Å². The van der Waals surface area contributed by atoms with Crippen molar-refractivity contribution in [3.05, 3.63) is 65.7 Å². The molecule has 1 heterocycles. The Balaban J connectivity index is 1.36. The maximum Gasteiger partial charge on any atom is 0.317 e. The molecule has 1 fully saturated rings. The fourth-order valence-corrected chi connectivity index (χ4v) is 3.63. The highest BCUT2D eigenvalue weighted by atomic mass is 16.5. The van der Waals surface area contributed by atoms with E-state index < -0.39 is 0 Å². The van der Waals surface area contributed by atoms with Crippen molar-refractivity contribution in [1.29, 1.82) is 0 Å². The smallest absolute Gasteiger partial charge is 0.317 e. The summed E-state index contributed by atoms with van der Waals surface area (Å²) in [6.07, 6.45) is 2.27. The Hall–Kier alpha value is -2.53. The molecule has 0 radical (unpaired) electrons. The SMILES string of the molecule is COc1ccc(CN(C)C(=O)NCC2CCN(Cc3ccccc3)CC2)cc1.